The Labute approximate surface area is 256 Å². The van der Waals surface area contributed by atoms with Crippen molar-refractivity contribution in [3.05, 3.63) is 83.7 Å². The maximum atomic E-state index is 13.2. The molecule has 0 fully saturated rings. The molecule has 3 N–H and O–H groups in total. The fourth-order valence-electron chi connectivity index (χ4n) is 5.29. The first-order valence-corrected chi connectivity index (χ1v) is 16.8. The number of urea groups is 1. The van der Waals surface area contributed by atoms with Gasteiger partial charge in [0.2, 0.25) is 0 Å². The number of carbonyl (C=O) groups is 1. The molecule has 0 bridgehead atoms. The number of pyridine rings is 1. The van der Waals surface area contributed by atoms with Crippen LogP contribution in [0.4, 0.5) is 16.2 Å². The molecule has 4 rings (SSSR count). The highest BCUT2D eigenvalue weighted by atomic mass is 32.2. The number of hydrogen-bond acceptors (Lipinski definition) is 6. The van der Waals surface area contributed by atoms with Gasteiger partial charge in [0.05, 0.1) is 11.0 Å². The van der Waals surface area contributed by atoms with Crippen LogP contribution < -0.4 is 14.9 Å². The lowest BCUT2D eigenvalue weighted by Crippen LogP contribution is -2.40. The van der Waals surface area contributed by atoms with Crippen molar-refractivity contribution >= 4 is 27.4 Å². The quantitative estimate of drug-likeness (QED) is 0.185. The van der Waals surface area contributed by atoms with Crippen LogP contribution in [0.5, 0.6) is 0 Å². The lowest BCUT2D eigenvalue weighted by Gasteiger charge is -2.25. The number of unbranched alkanes of at least 4 members (excludes halogenated alkanes) is 5. The van der Waals surface area contributed by atoms with Gasteiger partial charge in [-0.15, -0.1) is 0 Å². The van der Waals surface area contributed by atoms with Crippen LogP contribution in [0.3, 0.4) is 0 Å². The van der Waals surface area contributed by atoms with E-state index in [-0.39, 0.29) is 10.9 Å². The average molecular weight is 608 g/mol. The summed E-state index contributed by atoms with van der Waals surface area (Å²) in [5, 5.41) is 13.5. The second-order valence-electron chi connectivity index (χ2n) is 11.2. The number of benzene rings is 2. The first-order valence-electron chi connectivity index (χ1n) is 15.3. The van der Waals surface area contributed by atoms with E-state index in [1.807, 2.05) is 25.2 Å². The third kappa shape index (κ3) is 9.26. The Morgan fingerprint density at radius 3 is 2.58 bits per heavy atom. The standard InChI is InChI=1S/C33H45N5O4S/c1-3-4-5-6-7-8-21-37(2)33(40)38-22-18-27-23-30(15-16-31(27)38)43(41,42)36-29-13-11-26(12-14-29)17-20-35-25-32(39)28-10-9-19-34-24-28/h9-16,19,23-24,32,35-36,39H,3-8,17-18,20-22,25H2,1-2H3. The summed E-state index contributed by atoms with van der Waals surface area (Å²) < 4.78 is 29.0. The minimum absolute atomic E-state index is 0.0407. The third-order valence-electron chi connectivity index (χ3n) is 7.86. The van der Waals surface area contributed by atoms with Crippen LogP contribution in [0.25, 0.3) is 0 Å². The van der Waals surface area contributed by atoms with Gasteiger partial charge in [-0.3, -0.25) is 14.6 Å². The number of sulfonamides is 1. The summed E-state index contributed by atoms with van der Waals surface area (Å²) >= 11 is 0. The fraction of sp³-hybridized carbons (Fsp3) is 0.455. The molecule has 0 aliphatic carbocycles. The first kappa shape index (κ1) is 32.4. The summed E-state index contributed by atoms with van der Waals surface area (Å²) in [6.07, 6.45) is 11.1. The van der Waals surface area contributed by atoms with E-state index < -0.39 is 16.1 Å². The zero-order chi connectivity index (χ0) is 30.7. The van der Waals surface area contributed by atoms with Gasteiger partial charge in [-0.25, -0.2) is 13.2 Å². The number of aliphatic hydroxyl groups excluding tert-OH is 1. The van der Waals surface area contributed by atoms with Gasteiger partial charge in [-0.05, 0) is 73.3 Å². The molecule has 0 radical (unpaired) electrons. The lowest BCUT2D eigenvalue weighted by molar-refractivity contribution is 0.174. The third-order valence-corrected chi connectivity index (χ3v) is 9.24. The van der Waals surface area contributed by atoms with Crippen LogP contribution in [0.1, 0.15) is 68.2 Å². The van der Waals surface area contributed by atoms with Gasteiger partial charge in [0.15, 0.2) is 0 Å². The number of amides is 2. The van der Waals surface area contributed by atoms with Crippen LogP contribution in [-0.2, 0) is 22.9 Å². The summed E-state index contributed by atoms with van der Waals surface area (Å²) in [7, 11) is -1.95. The predicted octanol–water partition coefficient (Wildman–Crippen LogP) is 5.52. The van der Waals surface area contributed by atoms with E-state index in [0.717, 1.165) is 48.2 Å². The van der Waals surface area contributed by atoms with Crippen molar-refractivity contribution in [2.45, 2.75) is 69.3 Å². The molecule has 1 aliphatic rings. The zero-order valence-corrected chi connectivity index (χ0v) is 26.2. The van der Waals surface area contributed by atoms with E-state index in [2.05, 4.69) is 21.9 Å². The maximum absolute atomic E-state index is 13.2. The van der Waals surface area contributed by atoms with Crippen LogP contribution in [0, 0.1) is 0 Å². The normalized spacial score (nSPS) is 13.5. The van der Waals surface area contributed by atoms with Gasteiger partial charge < -0.3 is 15.3 Å². The molecular weight excluding hydrogens is 562 g/mol. The minimum atomic E-state index is -3.79. The van der Waals surface area contributed by atoms with Crippen LogP contribution >= 0.6 is 0 Å². The Morgan fingerprint density at radius 2 is 1.84 bits per heavy atom. The topological polar surface area (TPSA) is 115 Å². The Balaban J connectivity index is 1.26. The second kappa shape index (κ2) is 15.8. The van der Waals surface area contributed by atoms with Gasteiger partial charge in [-0.1, -0.05) is 57.2 Å². The zero-order valence-electron chi connectivity index (χ0n) is 25.3. The van der Waals surface area contributed by atoms with Crippen LogP contribution in [0.15, 0.2) is 71.9 Å². The Hall–Kier alpha value is -3.47. The number of rotatable bonds is 16. The molecule has 232 valence electrons. The summed E-state index contributed by atoms with van der Waals surface area (Å²) in [6, 6.07) is 15.9. The highest BCUT2D eigenvalue weighted by molar-refractivity contribution is 7.92. The predicted molar refractivity (Wildman–Crippen MR) is 172 cm³/mol. The van der Waals surface area contributed by atoms with Crippen molar-refractivity contribution in [2.24, 2.45) is 0 Å². The molecule has 3 aromatic rings. The van der Waals surface area contributed by atoms with Gasteiger partial charge >= 0.3 is 6.03 Å². The molecule has 2 heterocycles. The molecule has 2 aromatic carbocycles. The summed E-state index contributed by atoms with van der Waals surface area (Å²) in [4.78, 5) is 20.8. The molecule has 9 nitrogen and oxygen atoms in total. The highest BCUT2D eigenvalue weighted by Gasteiger charge is 2.28. The van der Waals surface area contributed by atoms with E-state index in [1.165, 1.54) is 25.7 Å². The number of aliphatic hydroxyl groups is 1. The van der Waals surface area contributed by atoms with Crippen molar-refractivity contribution < 1.29 is 18.3 Å². The molecule has 43 heavy (non-hydrogen) atoms. The molecule has 0 saturated carbocycles. The number of anilines is 2. The van der Waals surface area contributed by atoms with Crippen molar-refractivity contribution in [2.75, 3.05) is 42.8 Å². The molecule has 1 aromatic heterocycles. The minimum Gasteiger partial charge on any atom is -0.387 e. The van der Waals surface area contributed by atoms with E-state index in [1.54, 1.807) is 58.6 Å². The largest absolute Gasteiger partial charge is 0.387 e. The molecule has 0 saturated heterocycles. The Kier molecular flexibility index (Phi) is 12.0. The molecule has 1 atom stereocenters. The Morgan fingerprint density at radius 1 is 1.07 bits per heavy atom. The second-order valence-corrected chi connectivity index (χ2v) is 12.9. The molecule has 2 amide bonds. The van der Waals surface area contributed by atoms with Crippen molar-refractivity contribution in [1.29, 1.82) is 0 Å². The van der Waals surface area contributed by atoms with Crippen LogP contribution in [0.2, 0.25) is 0 Å². The first-order chi connectivity index (χ1) is 20.8. The lowest BCUT2D eigenvalue weighted by atomic mass is 10.1. The molecule has 0 spiro atoms. The van der Waals surface area contributed by atoms with E-state index in [4.69, 9.17) is 0 Å². The van der Waals surface area contributed by atoms with Gasteiger partial charge in [0.25, 0.3) is 10.0 Å². The van der Waals surface area contributed by atoms with Gasteiger partial charge in [0.1, 0.15) is 0 Å². The van der Waals surface area contributed by atoms with Crippen LogP contribution in [-0.4, -0.2) is 62.7 Å². The summed E-state index contributed by atoms with van der Waals surface area (Å²) in [5.41, 5.74) is 3.95. The number of carbonyl (C=O) groups excluding carboxylic acids is 1. The Bertz CT molecular complexity index is 1420. The molecular formula is C33H45N5O4S. The van der Waals surface area contributed by atoms with Gasteiger partial charge in [0, 0.05) is 56.0 Å². The van der Waals surface area contributed by atoms with Gasteiger partial charge in [-0.2, -0.15) is 0 Å². The molecule has 10 heteroatoms. The summed E-state index contributed by atoms with van der Waals surface area (Å²) in [6.45, 7) is 4.57. The van der Waals surface area contributed by atoms with E-state index in [0.29, 0.717) is 31.7 Å². The monoisotopic (exact) mass is 607 g/mol. The number of nitrogens with zero attached hydrogens (tertiary/aromatic N) is 3. The number of hydrogen-bond donors (Lipinski definition) is 3. The number of nitrogens with one attached hydrogen (secondary N) is 2. The SMILES string of the molecule is CCCCCCCCN(C)C(=O)N1CCc2cc(S(=O)(=O)Nc3ccc(CCNCC(O)c4cccnc4)cc3)ccc21. The number of fused-ring (bicyclic) bond motifs is 1. The van der Waals surface area contributed by atoms with Crippen molar-refractivity contribution in [1.82, 2.24) is 15.2 Å². The van der Waals surface area contributed by atoms with E-state index >= 15 is 0 Å². The fourth-order valence-corrected chi connectivity index (χ4v) is 6.40. The smallest absolute Gasteiger partial charge is 0.324 e. The van der Waals surface area contributed by atoms with Crippen molar-refractivity contribution in [3.63, 3.8) is 0 Å². The molecule has 1 aliphatic heterocycles. The van der Waals surface area contributed by atoms with Crippen molar-refractivity contribution in [3.8, 4) is 0 Å². The summed E-state index contributed by atoms with van der Waals surface area (Å²) in [5.74, 6) is 0. The van der Waals surface area contributed by atoms with E-state index in [9.17, 15) is 18.3 Å². The maximum Gasteiger partial charge on any atom is 0.324 e. The number of aromatic nitrogens is 1. The molecule has 1 unspecified atom stereocenters. The average Bonchev–Trinajstić information content (AvgIpc) is 3.45. The highest BCUT2D eigenvalue weighted by Crippen LogP contribution is 2.31.